The zero-order chi connectivity index (χ0) is 16.1. The van der Waals surface area contributed by atoms with Crippen LogP contribution in [0.4, 0.5) is 0 Å². The summed E-state index contributed by atoms with van der Waals surface area (Å²) < 4.78 is 0. The predicted molar refractivity (Wildman–Crippen MR) is 94.5 cm³/mol. The lowest BCUT2D eigenvalue weighted by Crippen LogP contribution is -1.79. The minimum atomic E-state index is 1.02. The van der Waals surface area contributed by atoms with Crippen LogP contribution in [-0.2, 0) is 0 Å². The molecule has 1 N–H and O–H groups in total. The van der Waals surface area contributed by atoms with E-state index in [2.05, 4.69) is 13.8 Å². The van der Waals surface area contributed by atoms with Gasteiger partial charge in [0.15, 0.2) is 0 Å². The molecular weight excluding hydrogens is 230 g/mol. The van der Waals surface area contributed by atoms with Gasteiger partial charge in [0.25, 0.3) is 0 Å². The van der Waals surface area contributed by atoms with E-state index in [-0.39, 0.29) is 0 Å². The molecule has 19 heavy (non-hydrogen) atoms. The van der Waals surface area contributed by atoms with Crippen molar-refractivity contribution in [3.8, 4) is 0 Å². The third kappa shape index (κ3) is 31.7. The minimum absolute atomic E-state index is 1.02. The molecule has 1 nitrogen and oxygen atoms in total. The van der Waals surface area contributed by atoms with E-state index in [1.54, 1.807) is 0 Å². The molecule has 0 unspecified atom stereocenters. The lowest BCUT2D eigenvalue weighted by atomic mass is 10.1. The number of allylic oxidation sites excluding steroid dienone is 4. The standard InChI is InChI=1S/C8H13N.C6H14.2C2H6/c1-4-5-7(2)8(3)6-9;1-3-5-6-4-2;2*1-2/h4-6,9H,1-3H3;3-6H2,1-2H3;2*1-2H3/b5-4-,8-7-,9-6?;;;. The van der Waals surface area contributed by atoms with Crippen LogP contribution in [-0.4, -0.2) is 6.21 Å². The quantitative estimate of drug-likeness (QED) is 0.310. The summed E-state index contributed by atoms with van der Waals surface area (Å²) in [5.74, 6) is 0. The van der Waals surface area contributed by atoms with Crippen LogP contribution < -0.4 is 0 Å². The van der Waals surface area contributed by atoms with Crippen molar-refractivity contribution in [3.05, 3.63) is 23.3 Å². The van der Waals surface area contributed by atoms with E-state index in [4.69, 9.17) is 5.41 Å². The van der Waals surface area contributed by atoms with Gasteiger partial charge < -0.3 is 5.41 Å². The van der Waals surface area contributed by atoms with Crippen molar-refractivity contribution >= 4 is 6.21 Å². The third-order valence-corrected chi connectivity index (χ3v) is 2.21. The van der Waals surface area contributed by atoms with Crippen molar-refractivity contribution in [2.24, 2.45) is 0 Å². The molecule has 0 amide bonds. The number of hydrogen-bond acceptors (Lipinski definition) is 1. The van der Waals surface area contributed by atoms with Crippen LogP contribution in [0, 0.1) is 5.41 Å². The van der Waals surface area contributed by atoms with E-state index in [0.717, 1.165) is 11.1 Å². The Kier molecular flexibility index (Phi) is 42.5. The average molecular weight is 270 g/mol. The summed E-state index contributed by atoms with van der Waals surface area (Å²) >= 11 is 0. The molecule has 0 aromatic rings. The summed E-state index contributed by atoms with van der Waals surface area (Å²) in [5, 5.41) is 6.90. The highest BCUT2D eigenvalue weighted by Gasteiger charge is 1.84. The first kappa shape index (κ1) is 26.7. The van der Waals surface area contributed by atoms with Gasteiger partial charge >= 0.3 is 0 Å². The highest BCUT2D eigenvalue weighted by Crippen LogP contribution is 2.00. The molecule has 0 spiro atoms. The molecule has 0 saturated carbocycles. The molecule has 0 heterocycles. The van der Waals surface area contributed by atoms with Crippen LogP contribution in [0.5, 0.6) is 0 Å². The van der Waals surface area contributed by atoms with Crippen molar-refractivity contribution in [1.29, 1.82) is 5.41 Å². The molecule has 0 aliphatic carbocycles. The van der Waals surface area contributed by atoms with Crippen LogP contribution >= 0.6 is 0 Å². The van der Waals surface area contributed by atoms with Crippen molar-refractivity contribution in [2.45, 2.75) is 88.0 Å². The fourth-order valence-electron chi connectivity index (χ4n) is 0.995. The SMILES string of the molecule is C/C=C\C(C)=C(\C)C=N.CC.CC.CCCCCC. The molecule has 1 heteroatoms. The second kappa shape index (κ2) is 30.3. The Morgan fingerprint density at radius 2 is 1.21 bits per heavy atom. The highest BCUT2D eigenvalue weighted by atomic mass is 14.3. The Morgan fingerprint density at radius 1 is 0.842 bits per heavy atom. The first-order valence-corrected chi connectivity index (χ1v) is 7.94. The maximum absolute atomic E-state index is 6.90. The van der Waals surface area contributed by atoms with Crippen molar-refractivity contribution in [2.75, 3.05) is 0 Å². The summed E-state index contributed by atoms with van der Waals surface area (Å²) in [6.07, 6.45) is 10.9. The third-order valence-electron chi connectivity index (χ3n) is 2.21. The van der Waals surface area contributed by atoms with Gasteiger partial charge in [-0.05, 0) is 31.9 Å². The maximum atomic E-state index is 6.90. The summed E-state index contributed by atoms with van der Waals surface area (Å²) in [6, 6.07) is 0. The molecule has 0 rings (SSSR count). The Labute approximate surface area is 123 Å². The van der Waals surface area contributed by atoms with Crippen molar-refractivity contribution in [1.82, 2.24) is 0 Å². The first-order chi connectivity index (χ1) is 9.13. The monoisotopic (exact) mass is 269 g/mol. The van der Waals surface area contributed by atoms with Crippen molar-refractivity contribution in [3.63, 3.8) is 0 Å². The van der Waals surface area contributed by atoms with E-state index in [1.165, 1.54) is 31.9 Å². The van der Waals surface area contributed by atoms with Crippen LogP contribution in [0.25, 0.3) is 0 Å². The van der Waals surface area contributed by atoms with Crippen LogP contribution in [0.3, 0.4) is 0 Å². The van der Waals surface area contributed by atoms with E-state index in [9.17, 15) is 0 Å². The molecule has 0 atom stereocenters. The second-order valence-corrected chi connectivity index (χ2v) is 3.72. The minimum Gasteiger partial charge on any atom is -0.308 e. The molecule has 0 radical (unpaired) electrons. The number of hydrogen-bond donors (Lipinski definition) is 1. The topological polar surface area (TPSA) is 23.9 Å². The Hall–Kier alpha value is -0.850. The van der Waals surface area contributed by atoms with Crippen LogP contribution in [0.15, 0.2) is 23.3 Å². The van der Waals surface area contributed by atoms with Gasteiger partial charge in [0.05, 0.1) is 0 Å². The molecule has 0 bridgehead atoms. The summed E-state index contributed by atoms with van der Waals surface area (Å²) in [7, 11) is 0. The largest absolute Gasteiger partial charge is 0.308 e. The fraction of sp³-hybridized carbons (Fsp3) is 0.722. The van der Waals surface area contributed by atoms with Gasteiger partial charge in [0, 0.05) is 6.21 Å². The average Bonchev–Trinajstić information content (AvgIpc) is 2.49. The molecule has 0 fully saturated rings. The normalized spacial score (nSPS) is 9.95. The fourth-order valence-corrected chi connectivity index (χ4v) is 0.995. The van der Waals surface area contributed by atoms with Crippen LogP contribution in [0.2, 0.25) is 0 Å². The van der Waals surface area contributed by atoms with Crippen LogP contribution in [0.1, 0.15) is 88.0 Å². The zero-order valence-electron chi connectivity index (χ0n) is 15.1. The number of nitrogens with one attached hydrogen (secondary N) is 1. The van der Waals surface area contributed by atoms with Gasteiger partial charge in [-0.2, -0.15) is 0 Å². The smallest absolute Gasteiger partial charge is 0.0209 e. The summed E-state index contributed by atoms with van der Waals surface area (Å²) in [4.78, 5) is 0. The highest BCUT2D eigenvalue weighted by molar-refractivity contribution is 5.76. The summed E-state index contributed by atoms with van der Waals surface area (Å²) in [5.41, 5.74) is 2.18. The number of rotatable bonds is 5. The maximum Gasteiger partial charge on any atom is 0.0209 e. The Morgan fingerprint density at radius 3 is 1.42 bits per heavy atom. The number of unbranched alkanes of at least 4 members (excludes halogenated alkanes) is 3. The van der Waals surface area contributed by atoms with E-state index >= 15 is 0 Å². The molecule has 0 aliphatic heterocycles. The molecule has 116 valence electrons. The van der Waals surface area contributed by atoms with Gasteiger partial charge in [-0.1, -0.05) is 79.4 Å². The first-order valence-electron chi connectivity index (χ1n) is 7.94. The lowest BCUT2D eigenvalue weighted by molar-refractivity contribution is 0.702. The van der Waals surface area contributed by atoms with E-state index in [1.807, 2.05) is 60.6 Å². The van der Waals surface area contributed by atoms with Gasteiger partial charge in [-0.25, -0.2) is 0 Å². The molecular formula is C18H39N. The molecule has 0 aromatic heterocycles. The Balaban J connectivity index is -0.0000000977. The van der Waals surface area contributed by atoms with Crippen molar-refractivity contribution < 1.29 is 0 Å². The predicted octanol–water partition coefficient (Wildman–Crippen LogP) is 7.19. The van der Waals surface area contributed by atoms with E-state index in [0.29, 0.717) is 0 Å². The molecule has 0 aromatic carbocycles. The molecule has 0 saturated heterocycles. The zero-order valence-corrected chi connectivity index (χ0v) is 15.1. The van der Waals surface area contributed by atoms with E-state index < -0.39 is 0 Å². The second-order valence-electron chi connectivity index (χ2n) is 3.72. The Bertz CT molecular complexity index is 196. The summed E-state index contributed by atoms with van der Waals surface area (Å²) in [6.45, 7) is 18.4. The van der Waals surface area contributed by atoms with Gasteiger partial charge in [-0.15, -0.1) is 0 Å². The molecule has 0 aliphatic rings. The van der Waals surface area contributed by atoms with Gasteiger partial charge in [-0.3, -0.25) is 0 Å². The lowest BCUT2D eigenvalue weighted by Gasteiger charge is -1.92. The van der Waals surface area contributed by atoms with Gasteiger partial charge in [0.1, 0.15) is 0 Å². The van der Waals surface area contributed by atoms with Gasteiger partial charge in [0.2, 0.25) is 0 Å².